The number of carbonyl (C=O) groups is 1. The number of aromatic hydroxyl groups is 2. The number of phenolic OH excluding ortho intramolecular Hbond substituents is 2. The predicted octanol–water partition coefficient (Wildman–Crippen LogP) is -0.0578. The first kappa shape index (κ1) is 12.3. The van der Waals surface area contributed by atoms with E-state index in [2.05, 4.69) is 5.32 Å². The van der Waals surface area contributed by atoms with Crippen LogP contribution in [0.25, 0.3) is 0 Å². The van der Waals surface area contributed by atoms with Gasteiger partial charge in [0.05, 0.1) is 12.1 Å². The highest BCUT2D eigenvalue weighted by Crippen LogP contribution is 2.37. The van der Waals surface area contributed by atoms with Crippen molar-refractivity contribution >= 4 is 5.91 Å². The van der Waals surface area contributed by atoms with Crippen LogP contribution in [0.1, 0.15) is 16.8 Å². The lowest BCUT2D eigenvalue weighted by Gasteiger charge is -2.45. The average molecular weight is 264 g/mol. The summed E-state index contributed by atoms with van der Waals surface area (Å²) in [6.45, 7) is 0.690. The third kappa shape index (κ3) is 1.93. The van der Waals surface area contributed by atoms with Crippen molar-refractivity contribution < 1.29 is 19.7 Å². The fraction of sp³-hybridized carbons (Fsp3) is 0.462. The number of amides is 1. The van der Waals surface area contributed by atoms with Crippen LogP contribution in [0.3, 0.4) is 0 Å². The first-order valence-electron chi connectivity index (χ1n) is 6.28. The van der Waals surface area contributed by atoms with E-state index in [0.717, 1.165) is 6.42 Å². The van der Waals surface area contributed by atoms with Crippen molar-refractivity contribution in [3.8, 4) is 11.5 Å². The Morgan fingerprint density at radius 1 is 1.37 bits per heavy atom. The quantitative estimate of drug-likeness (QED) is 0.560. The van der Waals surface area contributed by atoms with Gasteiger partial charge < -0.3 is 26.0 Å². The van der Waals surface area contributed by atoms with Crippen molar-refractivity contribution in [2.45, 2.75) is 24.6 Å². The molecule has 1 saturated carbocycles. The zero-order valence-corrected chi connectivity index (χ0v) is 10.2. The first-order chi connectivity index (χ1) is 9.08. The maximum atomic E-state index is 12.0. The fourth-order valence-corrected chi connectivity index (χ4v) is 2.83. The zero-order chi connectivity index (χ0) is 13.6. The van der Waals surface area contributed by atoms with E-state index in [1.54, 1.807) is 0 Å². The Hall–Kier alpha value is -1.79. The number of hydrogen-bond donors (Lipinski definition) is 4. The maximum absolute atomic E-state index is 12.0. The molecule has 6 nitrogen and oxygen atoms in total. The number of fused-ring (bicyclic) bond motifs is 1. The first-order valence-corrected chi connectivity index (χ1v) is 6.28. The Bertz CT molecular complexity index is 519. The van der Waals surface area contributed by atoms with Crippen LogP contribution in [0.4, 0.5) is 0 Å². The monoisotopic (exact) mass is 264 g/mol. The van der Waals surface area contributed by atoms with Crippen LogP contribution >= 0.6 is 0 Å². The second-order valence-corrected chi connectivity index (χ2v) is 5.07. The van der Waals surface area contributed by atoms with Crippen LogP contribution in [0.15, 0.2) is 18.2 Å². The molecule has 2 fully saturated rings. The highest BCUT2D eigenvalue weighted by atomic mass is 16.5. The van der Waals surface area contributed by atoms with E-state index in [0.29, 0.717) is 12.5 Å². The Morgan fingerprint density at radius 3 is 2.89 bits per heavy atom. The summed E-state index contributed by atoms with van der Waals surface area (Å²) in [6, 6.07) is 3.68. The van der Waals surface area contributed by atoms with Gasteiger partial charge in [0.15, 0.2) is 11.5 Å². The Kier molecular flexibility index (Phi) is 2.83. The highest BCUT2D eigenvalue weighted by Gasteiger charge is 2.52. The Morgan fingerprint density at radius 2 is 2.16 bits per heavy atom. The van der Waals surface area contributed by atoms with Gasteiger partial charge in [-0.05, 0) is 24.6 Å². The van der Waals surface area contributed by atoms with E-state index in [1.165, 1.54) is 18.2 Å². The number of hydrogen-bond acceptors (Lipinski definition) is 5. The SMILES string of the molecule is NC1C2CCOC2C1NC(=O)c1ccc(O)c(O)c1. The fourth-order valence-electron chi connectivity index (χ4n) is 2.83. The number of nitrogens with two attached hydrogens (primary N) is 1. The number of phenols is 2. The molecule has 3 rings (SSSR count). The van der Waals surface area contributed by atoms with E-state index in [4.69, 9.17) is 10.5 Å². The number of benzene rings is 1. The van der Waals surface area contributed by atoms with Crippen LogP contribution < -0.4 is 11.1 Å². The van der Waals surface area contributed by atoms with Crippen LogP contribution in [0, 0.1) is 5.92 Å². The molecule has 4 unspecified atom stereocenters. The van der Waals surface area contributed by atoms with E-state index in [1.807, 2.05) is 0 Å². The Labute approximate surface area is 110 Å². The molecule has 19 heavy (non-hydrogen) atoms. The molecule has 5 N–H and O–H groups in total. The molecule has 4 atom stereocenters. The van der Waals surface area contributed by atoms with E-state index >= 15 is 0 Å². The molecule has 1 heterocycles. The minimum absolute atomic E-state index is 0.00432. The van der Waals surface area contributed by atoms with Gasteiger partial charge in [-0.15, -0.1) is 0 Å². The van der Waals surface area contributed by atoms with Gasteiger partial charge in [0, 0.05) is 24.1 Å². The molecular weight excluding hydrogens is 248 g/mol. The second-order valence-electron chi connectivity index (χ2n) is 5.07. The summed E-state index contributed by atoms with van der Waals surface area (Å²) in [6.07, 6.45) is 0.947. The van der Waals surface area contributed by atoms with Crippen molar-refractivity contribution in [2.24, 2.45) is 11.7 Å². The molecule has 1 aliphatic carbocycles. The van der Waals surface area contributed by atoms with Gasteiger partial charge in [-0.3, -0.25) is 4.79 Å². The summed E-state index contributed by atoms with van der Waals surface area (Å²) in [5, 5.41) is 21.4. The molecule has 2 aliphatic rings. The van der Waals surface area contributed by atoms with Gasteiger partial charge in [0.25, 0.3) is 5.91 Å². The van der Waals surface area contributed by atoms with Gasteiger partial charge in [-0.25, -0.2) is 0 Å². The van der Waals surface area contributed by atoms with Gasteiger partial charge in [0.2, 0.25) is 0 Å². The number of nitrogens with one attached hydrogen (secondary N) is 1. The summed E-state index contributed by atoms with van der Waals surface area (Å²) in [4.78, 5) is 12.0. The zero-order valence-electron chi connectivity index (χ0n) is 10.2. The van der Waals surface area contributed by atoms with Gasteiger partial charge >= 0.3 is 0 Å². The lowest BCUT2D eigenvalue weighted by molar-refractivity contribution is -0.0161. The molecule has 0 aromatic heterocycles. The van der Waals surface area contributed by atoms with Crippen LogP contribution in [0.5, 0.6) is 11.5 Å². The molecule has 102 valence electrons. The molecule has 1 aromatic rings. The Balaban J connectivity index is 1.70. The third-order valence-corrected chi connectivity index (χ3v) is 3.98. The standard InChI is InChI=1S/C13H16N2O4/c14-10-7-3-4-19-12(7)11(10)15-13(18)6-1-2-8(16)9(17)5-6/h1-2,5,7,10-12,16-17H,3-4,14H2,(H,15,18). The second kappa shape index (κ2) is 4.40. The van der Waals surface area contributed by atoms with E-state index in [9.17, 15) is 15.0 Å². The maximum Gasteiger partial charge on any atom is 0.251 e. The molecule has 1 aromatic carbocycles. The molecule has 1 amide bonds. The van der Waals surface area contributed by atoms with Gasteiger partial charge in [0.1, 0.15) is 0 Å². The number of rotatable bonds is 2. The largest absolute Gasteiger partial charge is 0.504 e. The van der Waals surface area contributed by atoms with Crippen LogP contribution in [-0.2, 0) is 4.74 Å². The smallest absolute Gasteiger partial charge is 0.251 e. The van der Waals surface area contributed by atoms with Crippen molar-refractivity contribution in [3.63, 3.8) is 0 Å². The van der Waals surface area contributed by atoms with Crippen LogP contribution in [0.2, 0.25) is 0 Å². The molecule has 0 radical (unpaired) electrons. The summed E-state index contributed by atoms with van der Waals surface area (Å²) < 4.78 is 5.53. The van der Waals surface area contributed by atoms with Crippen molar-refractivity contribution in [1.82, 2.24) is 5.32 Å². The van der Waals surface area contributed by atoms with Gasteiger partial charge in [-0.1, -0.05) is 0 Å². The topological polar surface area (TPSA) is 105 Å². The molecule has 0 bridgehead atoms. The summed E-state index contributed by atoms with van der Waals surface area (Å²) in [5.74, 6) is -0.570. The molecule has 1 saturated heterocycles. The minimum atomic E-state index is -0.329. The van der Waals surface area contributed by atoms with E-state index < -0.39 is 0 Å². The number of ether oxygens (including phenoxy) is 1. The third-order valence-electron chi connectivity index (χ3n) is 3.98. The molecule has 1 aliphatic heterocycles. The van der Waals surface area contributed by atoms with E-state index in [-0.39, 0.29) is 41.2 Å². The van der Waals surface area contributed by atoms with Gasteiger partial charge in [-0.2, -0.15) is 0 Å². The lowest BCUT2D eigenvalue weighted by Crippen LogP contribution is -2.68. The highest BCUT2D eigenvalue weighted by molar-refractivity contribution is 5.95. The molecule has 6 heteroatoms. The summed E-state index contributed by atoms with van der Waals surface area (Å²) in [5.41, 5.74) is 6.29. The predicted molar refractivity (Wildman–Crippen MR) is 66.8 cm³/mol. The van der Waals surface area contributed by atoms with Crippen molar-refractivity contribution in [2.75, 3.05) is 6.61 Å². The summed E-state index contributed by atoms with van der Waals surface area (Å²) >= 11 is 0. The lowest BCUT2D eigenvalue weighted by atomic mass is 9.72. The van der Waals surface area contributed by atoms with Crippen LogP contribution in [-0.4, -0.2) is 40.9 Å². The average Bonchev–Trinajstić information content (AvgIpc) is 2.83. The van der Waals surface area contributed by atoms with Crippen molar-refractivity contribution in [1.29, 1.82) is 0 Å². The minimum Gasteiger partial charge on any atom is -0.504 e. The molecule has 0 spiro atoms. The number of carbonyl (C=O) groups excluding carboxylic acids is 1. The molecular formula is C13H16N2O4. The normalized spacial score (nSPS) is 32.5. The summed E-state index contributed by atoms with van der Waals surface area (Å²) in [7, 11) is 0. The van der Waals surface area contributed by atoms with Crippen molar-refractivity contribution in [3.05, 3.63) is 23.8 Å².